The number of carbonyl (C=O) groups excluding carboxylic acids is 1. The molecule has 1 atom stereocenters. The third-order valence-corrected chi connectivity index (χ3v) is 4.43. The molecule has 24 heavy (non-hydrogen) atoms. The van der Waals surface area contributed by atoms with Crippen molar-refractivity contribution in [3.8, 4) is 16.9 Å². The summed E-state index contributed by atoms with van der Waals surface area (Å²) in [5.74, 6) is 0.394. The monoisotopic (exact) mass is 325 g/mol. The summed E-state index contributed by atoms with van der Waals surface area (Å²) in [6.07, 6.45) is -0.701. The Labute approximate surface area is 143 Å². The molecule has 2 aromatic carbocycles. The summed E-state index contributed by atoms with van der Waals surface area (Å²) in [7, 11) is 0. The highest BCUT2D eigenvalue weighted by Gasteiger charge is 2.32. The summed E-state index contributed by atoms with van der Waals surface area (Å²) in [4.78, 5) is 14.8. The average Bonchev–Trinajstić information content (AvgIpc) is 2.64. The Hall–Kier alpha value is -2.33. The second kappa shape index (κ2) is 7.49. The molecule has 126 valence electrons. The maximum atomic E-state index is 12.6. The van der Waals surface area contributed by atoms with Crippen LogP contribution >= 0.6 is 0 Å². The van der Waals surface area contributed by atoms with Crippen LogP contribution in [0.2, 0.25) is 0 Å². The van der Waals surface area contributed by atoms with Crippen LogP contribution in [-0.4, -0.2) is 37.1 Å². The van der Waals surface area contributed by atoms with Crippen LogP contribution in [0.3, 0.4) is 0 Å². The van der Waals surface area contributed by atoms with Gasteiger partial charge in [-0.05, 0) is 24.7 Å². The lowest BCUT2D eigenvalue weighted by Crippen LogP contribution is -2.30. The minimum Gasteiger partial charge on any atom is -0.473 e. The molecule has 1 aliphatic heterocycles. The molecule has 4 nitrogen and oxygen atoms in total. The lowest BCUT2D eigenvalue weighted by Gasteiger charge is -2.27. The first-order chi connectivity index (χ1) is 11.7. The second-order valence-corrected chi connectivity index (χ2v) is 5.78. The van der Waals surface area contributed by atoms with Gasteiger partial charge < -0.3 is 14.4 Å². The van der Waals surface area contributed by atoms with Crippen LogP contribution in [0.1, 0.15) is 25.5 Å². The molecule has 0 fully saturated rings. The van der Waals surface area contributed by atoms with E-state index in [2.05, 4.69) is 18.7 Å². The van der Waals surface area contributed by atoms with Gasteiger partial charge in [-0.3, -0.25) is 0 Å². The molecular formula is C20H23NO3. The molecule has 0 spiro atoms. The molecule has 0 N–H and O–H groups in total. The predicted octanol–water partition coefficient (Wildman–Crippen LogP) is 3.67. The van der Waals surface area contributed by atoms with Gasteiger partial charge in [0.05, 0.1) is 0 Å². The number of para-hydroxylation sites is 1. The van der Waals surface area contributed by atoms with Crippen molar-refractivity contribution in [2.75, 3.05) is 26.2 Å². The fraction of sp³-hybridized carbons (Fsp3) is 0.350. The molecule has 3 rings (SSSR count). The van der Waals surface area contributed by atoms with Gasteiger partial charge in [-0.2, -0.15) is 0 Å². The minimum absolute atomic E-state index is 0.330. The van der Waals surface area contributed by atoms with Gasteiger partial charge in [0.25, 0.3) is 0 Å². The zero-order valence-corrected chi connectivity index (χ0v) is 14.2. The molecule has 1 aliphatic rings. The summed E-state index contributed by atoms with van der Waals surface area (Å²) in [5, 5.41) is 0. The van der Waals surface area contributed by atoms with Gasteiger partial charge in [0.15, 0.2) is 0 Å². The Morgan fingerprint density at radius 3 is 2.46 bits per heavy atom. The van der Waals surface area contributed by atoms with Gasteiger partial charge in [-0.1, -0.05) is 56.3 Å². The van der Waals surface area contributed by atoms with Crippen LogP contribution in [0.15, 0.2) is 48.5 Å². The van der Waals surface area contributed by atoms with Crippen molar-refractivity contribution in [3.05, 3.63) is 54.1 Å². The van der Waals surface area contributed by atoms with Crippen LogP contribution in [0.4, 0.5) is 0 Å². The summed E-state index contributed by atoms with van der Waals surface area (Å²) in [6, 6.07) is 15.6. The number of benzene rings is 2. The molecule has 0 unspecified atom stereocenters. The van der Waals surface area contributed by atoms with Crippen LogP contribution in [0.25, 0.3) is 11.1 Å². The number of hydrogen-bond acceptors (Lipinski definition) is 4. The largest absolute Gasteiger partial charge is 0.473 e. The minimum atomic E-state index is -0.701. The standard InChI is InChI=1S/C20H23NO3/c1-3-21(4-2)13-14-23-20(22)19-17-11-6-5-9-15(17)16-10-7-8-12-18(16)24-19/h5-12,19H,3-4,13-14H2,1-2H3/t19-/m1/s1. The smallest absolute Gasteiger partial charge is 0.352 e. The quantitative estimate of drug-likeness (QED) is 0.760. The highest BCUT2D eigenvalue weighted by atomic mass is 16.6. The predicted molar refractivity (Wildman–Crippen MR) is 94.0 cm³/mol. The Balaban J connectivity index is 1.76. The first-order valence-corrected chi connectivity index (χ1v) is 8.48. The normalized spacial score (nSPS) is 15.4. The fourth-order valence-electron chi connectivity index (χ4n) is 3.02. The van der Waals surface area contributed by atoms with Gasteiger partial charge in [0.1, 0.15) is 12.4 Å². The van der Waals surface area contributed by atoms with Crippen molar-refractivity contribution in [2.45, 2.75) is 20.0 Å². The van der Waals surface area contributed by atoms with Crippen LogP contribution < -0.4 is 4.74 Å². The van der Waals surface area contributed by atoms with Gasteiger partial charge in [0, 0.05) is 17.7 Å². The number of fused-ring (bicyclic) bond motifs is 3. The molecule has 0 aliphatic carbocycles. The summed E-state index contributed by atoms with van der Waals surface area (Å²) < 4.78 is 11.4. The first-order valence-electron chi connectivity index (χ1n) is 8.48. The maximum absolute atomic E-state index is 12.6. The zero-order valence-electron chi connectivity index (χ0n) is 14.2. The second-order valence-electron chi connectivity index (χ2n) is 5.78. The number of likely N-dealkylation sites (N-methyl/N-ethyl adjacent to an activating group) is 1. The Morgan fingerprint density at radius 2 is 1.71 bits per heavy atom. The van der Waals surface area contributed by atoms with Gasteiger partial charge in [0.2, 0.25) is 6.10 Å². The number of hydrogen-bond donors (Lipinski definition) is 0. The van der Waals surface area contributed by atoms with E-state index in [1.165, 1.54) is 0 Å². The maximum Gasteiger partial charge on any atom is 0.352 e. The molecular weight excluding hydrogens is 302 g/mol. The number of carbonyl (C=O) groups is 1. The lowest BCUT2D eigenvalue weighted by molar-refractivity contribution is -0.152. The van der Waals surface area contributed by atoms with Crippen LogP contribution in [-0.2, 0) is 9.53 Å². The van der Waals surface area contributed by atoms with Crippen molar-refractivity contribution < 1.29 is 14.3 Å². The van der Waals surface area contributed by atoms with Crippen molar-refractivity contribution in [1.82, 2.24) is 4.90 Å². The molecule has 2 aromatic rings. The van der Waals surface area contributed by atoms with E-state index in [0.29, 0.717) is 6.61 Å². The average molecular weight is 325 g/mol. The van der Waals surface area contributed by atoms with Crippen molar-refractivity contribution in [1.29, 1.82) is 0 Å². The van der Waals surface area contributed by atoms with Gasteiger partial charge >= 0.3 is 5.97 Å². The van der Waals surface area contributed by atoms with Gasteiger partial charge in [-0.15, -0.1) is 0 Å². The van der Waals surface area contributed by atoms with Crippen molar-refractivity contribution in [3.63, 3.8) is 0 Å². The number of rotatable bonds is 6. The van der Waals surface area contributed by atoms with Crippen molar-refractivity contribution >= 4 is 5.97 Å². The van der Waals surface area contributed by atoms with Crippen LogP contribution in [0, 0.1) is 0 Å². The topological polar surface area (TPSA) is 38.8 Å². The van der Waals surface area contributed by atoms with Gasteiger partial charge in [-0.25, -0.2) is 4.79 Å². The molecule has 4 heteroatoms. The summed E-state index contributed by atoms with van der Waals surface area (Å²) in [5.41, 5.74) is 2.91. The fourth-order valence-corrected chi connectivity index (χ4v) is 3.02. The first kappa shape index (κ1) is 16.5. The van der Waals surface area contributed by atoms with E-state index < -0.39 is 6.10 Å². The summed E-state index contributed by atoms with van der Waals surface area (Å²) >= 11 is 0. The Bertz CT molecular complexity index is 710. The van der Waals surface area contributed by atoms with E-state index in [-0.39, 0.29) is 5.97 Å². The van der Waals surface area contributed by atoms with E-state index >= 15 is 0 Å². The molecule has 0 bridgehead atoms. The third-order valence-electron chi connectivity index (χ3n) is 4.43. The molecule has 0 radical (unpaired) electrons. The lowest BCUT2D eigenvalue weighted by atomic mass is 9.93. The van der Waals surface area contributed by atoms with Crippen LogP contribution in [0.5, 0.6) is 5.75 Å². The Kier molecular flexibility index (Phi) is 5.16. The SMILES string of the molecule is CCN(CC)CCOC(=O)[C@@H]1Oc2ccccc2-c2ccccc21. The molecule has 0 aromatic heterocycles. The highest BCUT2D eigenvalue weighted by Crippen LogP contribution is 2.42. The molecule has 0 amide bonds. The zero-order chi connectivity index (χ0) is 16.9. The number of esters is 1. The Morgan fingerprint density at radius 1 is 1.04 bits per heavy atom. The number of nitrogens with zero attached hydrogens (tertiary/aromatic N) is 1. The molecule has 0 saturated carbocycles. The molecule has 1 heterocycles. The van der Waals surface area contributed by atoms with E-state index in [4.69, 9.17) is 9.47 Å². The number of ether oxygens (including phenoxy) is 2. The van der Waals surface area contributed by atoms with E-state index in [1.807, 2.05) is 48.5 Å². The van der Waals surface area contributed by atoms with Crippen molar-refractivity contribution in [2.24, 2.45) is 0 Å². The summed E-state index contributed by atoms with van der Waals surface area (Å²) in [6.45, 7) is 7.22. The third kappa shape index (κ3) is 3.29. The molecule has 0 saturated heterocycles. The van der Waals surface area contributed by atoms with E-state index in [0.717, 1.165) is 42.1 Å². The van der Waals surface area contributed by atoms with E-state index in [9.17, 15) is 4.79 Å². The van der Waals surface area contributed by atoms with E-state index in [1.54, 1.807) is 0 Å². The highest BCUT2D eigenvalue weighted by molar-refractivity contribution is 5.85.